The molecule has 3 heteroatoms. The highest BCUT2D eigenvalue weighted by Gasteiger charge is 2.09. The molecule has 0 heterocycles. The fraction of sp³-hybridized carbons (Fsp3) is 0.417. The van der Waals surface area contributed by atoms with E-state index in [4.69, 9.17) is 5.84 Å². The Kier molecular flexibility index (Phi) is 3.86. The fourth-order valence-corrected chi connectivity index (χ4v) is 1.91. The zero-order valence-electron chi connectivity index (χ0n) is 9.89. The van der Waals surface area contributed by atoms with Gasteiger partial charge < -0.3 is 5.43 Å². The van der Waals surface area contributed by atoms with Crippen LogP contribution in [0.4, 0.5) is 0 Å². The van der Waals surface area contributed by atoms with Gasteiger partial charge in [-0.15, -0.1) is 0 Å². The number of hydrogen-bond acceptors (Lipinski definition) is 2. The van der Waals surface area contributed by atoms with Gasteiger partial charge in [-0.3, -0.25) is 4.99 Å². The molecule has 1 aromatic carbocycles. The van der Waals surface area contributed by atoms with Crippen molar-refractivity contribution in [3.05, 3.63) is 34.4 Å². The van der Waals surface area contributed by atoms with Crippen molar-refractivity contribution in [1.82, 2.24) is 5.43 Å². The standard InChI is InChI=1S/C12H19N3/c1-5-14-12(15-13)11-9(3)6-8(2)7-10(11)4/h6-7H,5,13H2,1-4H3,(H,14,15). The molecule has 0 spiro atoms. The minimum absolute atomic E-state index is 0.728. The van der Waals surface area contributed by atoms with E-state index < -0.39 is 0 Å². The topological polar surface area (TPSA) is 50.4 Å². The lowest BCUT2D eigenvalue weighted by Crippen LogP contribution is -2.32. The normalized spacial score (nSPS) is 11.7. The number of nitrogens with zero attached hydrogens (tertiary/aromatic N) is 1. The molecule has 0 fully saturated rings. The Morgan fingerprint density at radius 3 is 2.20 bits per heavy atom. The number of nitrogens with two attached hydrogens (primary N) is 1. The van der Waals surface area contributed by atoms with Gasteiger partial charge in [0, 0.05) is 12.1 Å². The summed E-state index contributed by atoms with van der Waals surface area (Å²) in [5.74, 6) is 6.26. The Balaban J connectivity index is 3.29. The molecule has 0 unspecified atom stereocenters. The van der Waals surface area contributed by atoms with Gasteiger partial charge in [-0.2, -0.15) is 0 Å². The van der Waals surface area contributed by atoms with Crippen molar-refractivity contribution in [2.45, 2.75) is 27.7 Å². The lowest BCUT2D eigenvalue weighted by atomic mass is 9.99. The highest BCUT2D eigenvalue weighted by Crippen LogP contribution is 2.16. The van der Waals surface area contributed by atoms with Crippen molar-refractivity contribution in [2.24, 2.45) is 10.8 Å². The first-order valence-electron chi connectivity index (χ1n) is 5.19. The van der Waals surface area contributed by atoms with Gasteiger partial charge in [-0.1, -0.05) is 17.7 Å². The van der Waals surface area contributed by atoms with E-state index in [-0.39, 0.29) is 0 Å². The van der Waals surface area contributed by atoms with Crippen LogP contribution in [0, 0.1) is 20.8 Å². The number of aliphatic imine (C=N–C) groups is 1. The van der Waals surface area contributed by atoms with Crippen LogP contribution in [-0.2, 0) is 0 Å². The van der Waals surface area contributed by atoms with Crippen LogP contribution >= 0.6 is 0 Å². The van der Waals surface area contributed by atoms with Crippen molar-refractivity contribution >= 4 is 5.84 Å². The first kappa shape index (κ1) is 11.7. The van der Waals surface area contributed by atoms with Crippen molar-refractivity contribution in [3.63, 3.8) is 0 Å². The second-order valence-corrected chi connectivity index (χ2v) is 3.74. The van der Waals surface area contributed by atoms with Gasteiger partial charge in [-0.05, 0) is 38.8 Å². The SMILES string of the molecule is CCN=C(NN)c1c(C)cc(C)cc1C. The van der Waals surface area contributed by atoms with Crippen LogP contribution in [0.3, 0.4) is 0 Å². The zero-order valence-corrected chi connectivity index (χ0v) is 9.89. The van der Waals surface area contributed by atoms with Gasteiger partial charge in [0.15, 0.2) is 0 Å². The summed E-state index contributed by atoms with van der Waals surface area (Å²) in [6.07, 6.45) is 0. The van der Waals surface area contributed by atoms with Crippen LogP contribution < -0.4 is 11.3 Å². The van der Waals surface area contributed by atoms with Gasteiger partial charge >= 0.3 is 0 Å². The molecule has 3 nitrogen and oxygen atoms in total. The molecule has 15 heavy (non-hydrogen) atoms. The van der Waals surface area contributed by atoms with Crippen LogP contribution in [0.15, 0.2) is 17.1 Å². The Morgan fingerprint density at radius 2 is 1.80 bits per heavy atom. The number of benzene rings is 1. The molecule has 0 saturated carbocycles. The van der Waals surface area contributed by atoms with Gasteiger partial charge in [0.25, 0.3) is 0 Å². The minimum atomic E-state index is 0.728. The summed E-state index contributed by atoms with van der Waals surface area (Å²) < 4.78 is 0. The van der Waals surface area contributed by atoms with Gasteiger partial charge in [0.1, 0.15) is 5.84 Å². The minimum Gasteiger partial charge on any atom is -0.308 e. The number of aryl methyl sites for hydroxylation is 3. The lowest BCUT2D eigenvalue weighted by Gasteiger charge is -2.13. The van der Waals surface area contributed by atoms with E-state index in [1.807, 2.05) is 6.92 Å². The summed E-state index contributed by atoms with van der Waals surface area (Å²) in [6, 6.07) is 4.29. The molecule has 0 atom stereocenters. The fourth-order valence-electron chi connectivity index (χ4n) is 1.91. The maximum Gasteiger partial charge on any atom is 0.143 e. The molecule has 0 aliphatic heterocycles. The molecule has 1 rings (SSSR count). The number of rotatable bonds is 2. The van der Waals surface area contributed by atoms with E-state index in [1.165, 1.54) is 16.7 Å². The second kappa shape index (κ2) is 4.94. The first-order valence-corrected chi connectivity index (χ1v) is 5.19. The van der Waals surface area contributed by atoms with E-state index in [0.717, 1.165) is 17.9 Å². The Hall–Kier alpha value is -1.35. The van der Waals surface area contributed by atoms with Gasteiger partial charge in [-0.25, -0.2) is 5.84 Å². The molecular formula is C12H19N3. The number of hydrogen-bond donors (Lipinski definition) is 2. The predicted octanol–water partition coefficient (Wildman–Crippen LogP) is 1.84. The first-order chi connectivity index (χ1) is 7.10. The molecule has 0 aliphatic carbocycles. The van der Waals surface area contributed by atoms with E-state index in [9.17, 15) is 0 Å². The third kappa shape index (κ3) is 2.57. The number of hydrazine groups is 1. The zero-order chi connectivity index (χ0) is 11.4. The summed E-state index contributed by atoms with van der Waals surface area (Å²) in [7, 11) is 0. The molecule has 0 aromatic heterocycles. The van der Waals surface area contributed by atoms with Crippen LogP contribution in [0.5, 0.6) is 0 Å². The molecule has 82 valence electrons. The Morgan fingerprint density at radius 1 is 1.27 bits per heavy atom. The summed E-state index contributed by atoms with van der Waals surface area (Å²) in [4.78, 5) is 4.34. The smallest absolute Gasteiger partial charge is 0.143 e. The molecule has 1 aromatic rings. The number of nitrogens with one attached hydrogen (secondary N) is 1. The molecule has 0 amide bonds. The average molecular weight is 205 g/mol. The second-order valence-electron chi connectivity index (χ2n) is 3.74. The van der Waals surface area contributed by atoms with Crippen molar-refractivity contribution < 1.29 is 0 Å². The highest BCUT2D eigenvalue weighted by atomic mass is 15.2. The third-order valence-corrected chi connectivity index (χ3v) is 2.37. The Bertz CT molecular complexity index is 357. The molecular weight excluding hydrogens is 186 g/mol. The predicted molar refractivity (Wildman–Crippen MR) is 65.1 cm³/mol. The van der Waals surface area contributed by atoms with E-state index in [1.54, 1.807) is 0 Å². The van der Waals surface area contributed by atoms with E-state index in [2.05, 4.69) is 43.3 Å². The molecule has 0 aliphatic rings. The van der Waals surface area contributed by atoms with Gasteiger partial charge in [0.05, 0.1) is 0 Å². The molecule has 0 saturated heterocycles. The summed E-state index contributed by atoms with van der Waals surface area (Å²) in [5, 5.41) is 0. The largest absolute Gasteiger partial charge is 0.308 e. The summed E-state index contributed by atoms with van der Waals surface area (Å²) in [6.45, 7) is 8.98. The molecule has 0 bridgehead atoms. The average Bonchev–Trinajstić information content (AvgIpc) is 2.14. The highest BCUT2D eigenvalue weighted by molar-refractivity contribution is 6.01. The monoisotopic (exact) mass is 205 g/mol. The number of amidine groups is 1. The van der Waals surface area contributed by atoms with Crippen LogP contribution in [0.2, 0.25) is 0 Å². The van der Waals surface area contributed by atoms with E-state index in [0.29, 0.717) is 0 Å². The Labute approximate surface area is 91.4 Å². The summed E-state index contributed by atoms with van der Waals surface area (Å²) >= 11 is 0. The van der Waals surface area contributed by atoms with E-state index >= 15 is 0 Å². The molecule has 0 radical (unpaired) electrons. The lowest BCUT2D eigenvalue weighted by molar-refractivity contribution is 0.986. The molecule has 3 N–H and O–H groups in total. The summed E-state index contributed by atoms with van der Waals surface area (Å²) in [5.41, 5.74) is 7.46. The van der Waals surface area contributed by atoms with Crippen molar-refractivity contribution in [2.75, 3.05) is 6.54 Å². The van der Waals surface area contributed by atoms with Crippen molar-refractivity contribution in [1.29, 1.82) is 0 Å². The maximum absolute atomic E-state index is 5.49. The van der Waals surface area contributed by atoms with Crippen LogP contribution in [0.25, 0.3) is 0 Å². The quantitative estimate of drug-likeness (QED) is 0.335. The van der Waals surface area contributed by atoms with Crippen LogP contribution in [-0.4, -0.2) is 12.4 Å². The maximum atomic E-state index is 5.49. The third-order valence-electron chi connectivity index (χ3n) is 2.37. The van der Waals surface area contributed by atoms with Gasteiger partial charge in [0.2, 0.25) is 0 Å². The van der Waals surface area contributed by atoms with Crippen molar-refractivity contribution in [3.8, 4) is 0 Å². The van der Waals surface area contributed by atoms with Crippen LogP contribution in [0.1, 0.15) is 29.2 Å².